The van der Waals surface area contributed by atoms with E-state index in [9.17, 15) is 9.59 Å². The maximum absolute atomic E-state index is 12.0. The SMILES string of the molecule is O=C1NCC2C1CCN2C(=O)OCc1ccccc1. The van der Waals surface area contributed by atoms with Crippen LogP contribution in [0.4, 0.5) is 4.79 Å². The van der Waals surface area contributed by atoms with Crippen molar-refractivity contribution in [3.05, 3.63) is 35.9 Å². The molecule has 0 aliphatic carbocycles. The highest BCUT2D eigenvalue weighted by atomic mass is 16.6. The normalized spacial score (nSPS) is 25.1. The summed E-state index contributed by atoms with van der Waals surface area (Å²) in [5.74, 6) is 0.00707. The first-order chi connectivity index (χ1) is 9.25. The van der Waals surface area contributed by atoms with Crippen molar-refractivity contribution in [2.24, 2.45) is 5.92 Å². The number of nitrogens with one attached hydrogen (secondary N) is 1. The second-order valence-electron chi connectivity index (χ2n) is 4.94. The van der Waals surface area contributed by atoms with Crippen LogP contribution in [0.3, 0.4) is 0 Å². The minimum Gasteiger partial charge on any atom is -0.445 e. The smallest absolute Gasteiger partial charge is 0.410 e. The van der Waals surface area contributed by atoms with E-state index in [0.717, 1.165) is 12.0 Å². The molecule has 100 valence electrons. The number of benzene rings is 1. The highest BCUT2D eigenvalue weighted by Crippen LogP contribution is 2.28. The van der Waals surface area contributed by atoms with Gasteiger partial charge in [0.1, 0.15) is 6.61 Å². The summed E-state index contributed by atoms with van der Waals surface area (Å²) in [6.45, 7) is 1.43. The summed E-state index contributed by atoms with van der Waals surface area (Å²) >= 11 is 0. The molecule has 2 heterocycles. The first kappa shape index (κ1) is 12.0. The second kappa shape index (κ2) is 4.91. The van der Waals surface area contributed by atoms with E-state index in [1.807, 2.05) is 30.3 Å². The molecule has 2 atom stereocenters. The van der Waals surface area contributed by atoms with Gasteiger partial charge in [-0.2, -0.15) is 0 Å². The lowest BCUT2D eigenvalue weighted by atomic mass is 10.0. The summed E-state index contributed by atoms with van der Waals surface area (Å²) in [7, 11) is 0. The van der Waals surface area contributed by atoms with E-state index in [0.29, 0.717) is 13.1 Å². The van der Waals surface area contributed by atoms with Gasteiger partial charge in [-0.05, 0) is 12.0 Å². The number of carbonyl (C=O) groups is 2. The van der Waals surface area contributed by atoms with Crippen LogP contribution >= 0.6 is 0 Å². The average molecular weight is 260 g/mol. The maximum atomic E-state index is 12.0. The molecule has 19 heavy (non-hydrogen) atoms. The molecule has 1 aromatic rings. The van der Waals surface area contributed by atoms with E-state index in [2.05, 4.69) is 5.32 Å². The number of hydrogen-bond acceptors (Lipinski definition) is 3. The number of likely N-dealkylation sites (tertiary alicyclic amines) is 1. The number of amides is 2. The van der Waals surface area contributed by atoms with E-state index < -0.39 is 0 Å². The van der Waals surface area contributed by atoms with Crippen molar-refractivity contribution in [3.8, 4) is 0 Å². The van der Waals surface area contributed by atoms with Crippen LogP contribution in [0.2, 0.25) is 0 Å². The summed E-state index contributed by atoms with van der Waals surface area (Å²) in [6.07, 6.45) is 0.407. The van der Waals surface area contributed by atoms with Gasteiger partial charge >= 0.3 is 6.09 Å². The molecule has 0 spiro atoms. The zero-order valence-electron chi connectivity index (χ0n) is 10.5. The Kier molecular flexibility index (Phi) is 3.11. The lowest BCUT2D eigenvalue weighted by molar-refractivity contribution is -0.122. The van der Waals surface area contributed by atoms with Crippen molar-refractivity contribution < 1.29 is 14.3 Å². The Morgan fingerprint density at radius 3 is 2.95 bits per heavy atom. The third-order valence-electron chi connectivity index (χ3n) is 3.81. The first-order valence-electron chi connectivity index (χ1n) is 6.51. The lowest BCUT2D eigenvalue weighted by Gasteiger charge is -2.21. The molecule has 0 bridgehead atoms. The van der Waals surface area contributed by atoms with E-state index in [4.69, 9.17) is 4.74 Å². The fourth-order valence-electron chi connectivity index (χ4n) is 2.78. The van der Waals surface area contributed by atoms with E-state index in [1.54, 1.807) is 4.90 Å². The summed E-state index contributed by atoms with van der Waals surface area (Å²) in [4.78, 5) is 25.2. The number of hydrogen-bond donors (Lipinski definition) is 1. The molecule has 2 aliphatic heterocycles. The number of fused-ring (bicyclic) bond motifs is 1. The molecule has 5 nitrogen and oxygen atoms in total. The van der Waals surface area contributed by atoms with Crippen LogP contribution < -0.4 is 5.32 Å². The average Bonchev–Trinajstić information content (AvgIpc) is 3.01. The minimum absolute atomic E-state index is 0.0317. The molecule has 2 aliphatic rings. The van der Waals surface area contributed by atoms with E-state index in [1.165, 1.54) is 0 Å². The highest BCUT2D eigenvalue weighted by molar-refractivity contribution is 5.84. The van der Waals surface area contributed by atoms with Gasteiger partial charge in [0.2, 0.25) is 5.91 Å². The quantitative estimate of drug-likeness (QED) is 0.867. The lowest BCUT2D eigenvalue weighted by Crippen LogP contribution is -2.39. The van der Waals surface area contributed by atoms with Crippen molar-refractivity contribution in [1.29, 1.82) is 0 Å². The van der Waals surface area contributed by atoms with Crippen molar-refractivity contribution in [2.45, 2.75) is 19.1 Å². The zero-order valence-corrected chi connectivity index (χ0v) is 10.5. The molecule has 5 heteroatoms. The molecule has 0 aromatic heterocycles. The van der Waals surface area contributed by atoms with Gasteiger partial charge in [-0.1, -0.05) is 30.3 Å². The standard InChI is InChI=1S/C14H16N2O3/c17-13-11-6-7-16(12(11)8-15-13)14(18)19-9-10-4-2-1-3-5-10/h1-5,11-12H,6-9H2,(H,15,17). The van der Waals surface area contributed by atoms with Crippen molar-refractivity contribution in [3.63, 3.8) is 0 Å². The summed E-state index contributed by atoms with van der Waals surface area (Å²) < 4.78 is 5.30. The Balaban J connectivity index is 1.58. The molecule has 0 radical (unpaired) electrons. The third kappa shape index (κ3) is 2.28. The Morgan fingerprint density at radius 2 is 2.16 bits per heavy atom. The van der Waals surface area contributed by atoms with Crippen LogP contribution in [0.15, 0.2) is 30.3 Å². The molecular formula is C14H16N2O3. The number of rotatable bonds is 2. The largest absolute Gasteiger partial charge is 0.445 e. The molecule has 2 saturated heterocycles. The third-order valence-corrected chi connectivity index (χ3v) is 3.81. The van der Waals surface area contributed by atoms with Gasteiger partial charge in [-0.15, -0.1) is 0 Å². The summed E-state index contributed by atoms with van der Waals surface area (Å²) in [5.41, 5.74) is 0.965. The van der Waals surface area contributed by atoms with Gasteiger partial charge in [0, 0.05) is 13.1 Å². The van der Waals surface area contributed by atoms with Crippen LogP contribution in [-0.4, -0.2) is 36.0 Å². The number of nitrogens with zero attached hydrogens (tertiary/aromatic N) is 1. The first-order valence-corrected chi connectivity index (χ1v) is 6.51. The Bertz CT molecular complexity index is 489. The monoisotopic (exact) mass is 260 g/mol. The molecule has 3 rings (SSSR count). The van der Waals surface area contributed by atoms with Crippen LogP contribution in [0, 0.1) is 5.92 Å². The van der Waals surface area contributed by atoms with E-state index in [-0.39, 0.29) is 30.6 Å². The minimum atomic E-state index is -0.326. The van der Waals surface area contributed by atoms with Gasteiger partial charge in [-0.25, -0.2) is 4.79 Å². The Hall–Kier alpha value is -2.04. The van der Waals surface area contributed by atoms with Crippen LogP contribution in [0.1, 0.15) is 12.0 Å². The van der Waals surface area contributed by atoms with Crippen LogP contribution in [0.25, 0.3) is 0 Å². The molecule has 2 unspecified atom stereocenters. The molecule has 2 amide bonds. The topological polar surface area (TPSA) is 58.6 Å². The van der Waals surface area contributed by atoms with Gasteiger partial charge in [-0.3, -0.25) is 4.79 Å². The van der Waals surface area contributed by atoms with Gasteiger partial charge in [0.05, 0.1) is 12.0 Å². The second-order valence-corrected chi connectivity index (χ2v) is 4.94. The fourth-order valence-corrected chi connectivity index (χ4v) is 2.78. The van der Waals surface area contributed by atoms with Gasteiger partial charge < -0.3 is 15.0 Å². The molecular weight excluding hydrogens is 244 g/mol. The maximum Gasteiger partial charge on any atom is 0.410 e. The Labute approximate surface area is 111 Å². The molecule has 0 saturated carbocycles. The predicted molar refractivity (Wildman–Crippen MR) is 68.2 cm³/mol. The van der Waals surface area contributed by atoms with Gasteiger partial charge in [0.15, 0.2) is 0 Å². The Morgan fingerprint density at radius 1 is 1.37 bits per heavy atom. The molecule has 2 fully saturated rings. The molecule has 1 aromatic carbocycles. The number of carbonyl (C=O) groups excluding carboxylic acids is 2. The van der Waals surface area contributed by atoms with Crippen molar-refractivity contribution in [1.82, 2.24) is 10.2 Å². The van der Waals surface area contributed by atoms with Crippen molar-refractivity contribution >= 4 is 12.0 Å². The summed E-state index contributed by atoms with van der Waals surface area (Å²) in [6, 6.07) is 9.55. The van der Waals surface area contributed by atoms with Gasteiger partial charge in [0.25, 0.3) is 0 Å². The van der Waals surface area contributed by atoms with E-state index >= 15 is 0 Å². The molecule has 1 N–H and O–H groups in total. The van der Waals surface area contributed by atoms with Crippen LogP contribution in [-0.2, 0) is 16.1 Å². The fraction of sp³-hybridized carbons (Fsp3) is 0.429. The van der Waals surface area contributed by atoms with Crippen molar-refractivity contribution in [2.75, 3.05) is 13.1 Å². The predicted octanol–water partition coefficient (Wildman–Crippen LogP) is 1.14. The highest BCUT2D eigenvalue weighted by Gasteiger charge is 2.45. The number of ether oxygens (including phenoxy) is 1. The van der Waals surface area contributed by atoms with Crippen LogP contribution in [0.5, 0.6) is 0 Å². The summed E-state index contributed by atoms with van der Waals surface area (Å²) in [5, 5.41) is 2.79. The zero-order chi connectivity index (χ0) is 13.2.